The van der Waals surface area contributed by atoms with Gasteiger partial charge in [-0.15, -0.1) is 0 Å². The van der Waals surface area contributed by atoms with Crippen LogP contribution in [0.3, 0.4) is 0 Å². The Morgan fingerprint density at radius 3 is 3.04 bits per heavy atom. The van der Waals surface area contributed by atoms with Crippen LogP contribution in [0.15, 0.2) is 10.6 Å². The zero-order valence-corrected chi connectivity index (χ0v) is 14.8. The van der Waals surface area contributed by atoms with Gasteiger partial charge in [0.2, 0.25) is 0 Å². The lowest BCUT2D eigenvalue weighted by molar-refractivity contribution is 0.0585. The highest BCUT2D eigenvalue weighted by Gasteiger charge is 2.35. The molecule has 0 saturated carbocycles. The summed E-state index contributed by atoms with van der Waals surface area (Å²) in [5.74, 6) is 0.580. The molecule has 0 radical (unpaired) electrons. The molecular formula is C18H24N4O3. The number of piperidine rings is 1. The van der Waals surface area contributed by atoms with Gasteiger partial charge in [-0.25, -0.2) is 0 Å². The van der Waals surface area contributed by atoms with Crippen molar-refractivity contribution in [3.63, 3.8) is 0 Å². The van der Waals surface area contributed by atoms with Gasteiger partial charge >= 0.3 is 0 Å². The van der Waals surface area contributed by atoms with Crippen LogP contribution >= 0.6 is 0 Å². The lowest BCUT2D eigenvalue weighted by Crippen LogP contribution is -2.39. The Hall–Kier alpha value is -2.15. The number of amides is 1. The van der Waals surface area contributed by atoms with Crippen molar-refractivity contribution in [2.75, 3.05) is 13.2 Å². The molecule has 1 fully saturated rings. The summed E-state index contributed by atoms with van der Waals surface area (Å²) in [4.78, 5) is 14.9. The number of rotatable bonds is 3. The van der Waals surface area contributed by atoms with Crippen molar-refractivity contribution in [1.29, 1.82) is 0 Å². The van der Waals surface area contributed by atoms with Crippen molar-refractivity contribution in [3.05, 3.63) is 34.5 Å². The average Bonchev–Trinajstić information content (AvgIpc) is 3.25. The number of hydrogen-bond acceptors (Lipinski definition) is 5. The summed E-state index contributed by atoms with van der Waals surface area (Å²) in [6, 6.07) is 1.69. The van der Waals surface area contributed by atoms with Gasteiger partial charge in [0, 0.05) is 36.8 Å². The summed E-state index contributed by atoms with van der Waals surface area (Å²) in [5.41, 5.74) is 3.82. The number of likely N-dealkylation sites (tertiary alicyclic amines) is 1. The highest BCUT2D eigenvalue weighted by Crippen LogP contribution is 2.35. The highest BCUT2D eigenvalue weighted by atomic mass is 16.5. The first-order valence-corrected chi connectivity index (χ1v) is 9.09. The summed E-state index contributed by atoms with van der Waals surface area (Å²) in [7, 11) is 0. The van der Waals surface area contributed by atoms with E-state index in [4.69, 9.17) is 14.4 Å². The van der Waals surface area contributed by atoms with Crippen molar-refractivity contribution in [2.45, 2.75) is 58.7 Å². The third-order valence-electron chi connectivity index (χ3n) is 5.15. The molecule has 2 aromatic rings. The van der Waals surface area contributed by atoms with E-state index in [0.717, 1.165) is 51.1 Å². The number of nitrogens with zero attached hydrogens (tertiary/aromatic N) is 4. The molecule has 7 heteroatoms. The Labute approximate surface area is 146 Å². The third-order valence-corrected chi connectivity index (χ3v) is 5.15. The maximum atomic E-state index is 13.0. The summed E-state index contributed by atoms with van der Waals surface area (Å²) >= 11 is 0. The fourth-order valence-electron chi connectivity index (χ4n) is 3.94. The lowest BCUT2D eigenvalue weighted by Gasteiger charge is -2.35. The SMILES string of the molecule is CCn1nc(C2CCCCN2C(=O)c2cc(C)on2)c2c1CCOC2. The molecular weight excluding hydrogens is 320 g/mol. The Morgan fingerprint density at radius 1 is 1.40 bits per heavy atom. The van der Waals surface area contributed by atoms with Gasteiger partial charge in [0.05, 0.1) is 24.9 Å². The first-order chi connectivity index (χ1) is 12.2. The number of fused-ring (bicyclic) bond motifs is 1. The zero-order valence-electron chi connectivity index (χ0n) is 14.8. The predicted octanol–water partition coefficient (Wildman–Crippen LogP) is 2.64. The van der Waals surface area contributed by atoms with Crippen LogP contribution < -0.4 is 0 Å². The standard InChI is InChI=1S/C18H24N4O3/c1-3-22-15-7-9-24-11-13(15)17(19-22)16-6-4-5-8-21(16)18(23)14-10-12(2)25-20-14/h10,16H,3-9,11H2,1-2H3. The lowest BCUT2D eigenvalue weighted by atomic mass is 9.95. The molecule has 25 heavy (non-hydrogen) atoms. The number of carbonyl (C=O) groups excluding carboxylic acids is 1. The number of carbonyl (C=O) groups is 1. The van der Waals surface area contributed by atoms with Gasteiger partial charge in [-0.3, -0.25) is 9.48 Å². The molecule has 4 heterocycles. The maximum Gasteiger partial charge on any atom is 0.276 e. The third kappa shape index (κ3) is 2.86. The van der Waals surface area contributed by atoms with Crippen LogP contribution in [0.4, 0.5) is 0 Å². The van der Waals surface area contributed by atoms with Crippen molar-refractivity contribution < 1.29 is 14.1 Å². The molecule has 4 rings (SSSR count). The minimum Gasteiger partial charge on any atom is -0.376 e. The largest absolute Gasteiger partial charge is 0.376 e. The first-order valence-electron chi connectivity index (χ1n) is 9.09. The first kappa shape index (κ1) is 16.3. The van der Waals surface area contributed by atoms with E-state index in [-0.39, 0.29) is 11.9 Å². The summed E-state index contributed by atoms with van der Waals surface area (Å²) in [5, 5.41) is 8.78. The van der Waals surface area contributed by atoms with Gasteiger partial charge in [-0.2, -0.15) is 5.10 Å². The van der Waals surface area contributed by atoms with Crippen LogP contribution in [0.1, 0.15) is 65.4 Å². The number of aromatic nitrogens is 3. The Kier molecular flexibility index (Phi) is 4.33. The van der Waals surface area contributed by atoms with Gasteiger partial charge in [-0.1, -0.05) is 5.16 Å². The molecule has 0 aromatic carbocycles. The topological polar surface area (TPSA) is 73.4 Å². The fraction of sp³-hybridized carbons (Fsp3) is 0.611. The molecule has 1 unspecified atom stereocenters. The van der Waals surface area contributed by atoms with E-state index in [1.54, 1.807) is 13.0 Å². The van der Waals surface area contributed by atoms with Crippen molar-refractivity contribution in [1.82, 2.24) is 19.8 Å². The molecule has 2 aliphatic rings. The molecule has 7 nitrogen and oxygen atoms in total. The minimum atomic E-state index is -0.0712. The van der Waals surface area contributed by atoms with E-state index in [1.807, 2.05) is 4.90 Å². The summed E-state index contributed by atoms with van der Waals surface area (Å²) in [6.07, 6.45) is 3.92. The zero-order chi connectivity index (χ0) is 17.4. The molecule has 1 amide bonds. The second kappa shape index (κ2) is 6.63. The monoisotopic (exact) mass is 344 g/mol. The minimum absolute atomic E-state index is 0.0125. The molecule has 134 valence electrons. The molecule has 0 spiro atoms. The van der Waals surface area contributed by atoms with Crippen LogP contribution in [0.25, 0.3) is 0 Å². The molecule has 2 aliphatic heterocycles. The molecule has 0 N–H and O–H groups in total. The van der Waals surface area contributed by atoms with Crippen LogP contribution in [0, 0.1) is 6.92 Å². The van der Waals surface area contributed by atoms with Crippen LogP contribution in [-0.4, -0.2) is 38.9 Å². The summed E-state index contributed by atoms with van der Waals surface area (Å²) in [6.45, 7) is 6.80. The van der Waals surface area contributed by atoms with E-state index in [0.29, 0.717) is 18.1 Å². The van der Waals surface area contributed by atoms with Crippen molar-refractivity contribution in [2.24, 2.45) is 0 Å². The normalized spacial score (nSPS) is 20.6. The second-order valence-electron chi connectivity index (χ2n) is 6.76. The van der Waals surface area contributed by atoms with Gasteiger partial charge in [-0.05, 0) is 33.1 Å². The Bertz CT molecular complexity index is 779. The molecule has 1 atom stereocenters. The Morgan fingerprint density at radius 2 is 2.28 bits per heavy atom. The number of hydrogen-bond donors (Lipinski definition) is 0. The fourth-order valence-corrected chi connectivity index (χ4v) is 3.94. The number of aryl methyl sites for hydroxylation is 2. The molecule has 1 saturated heterocycles. The van der Waals surface area contributed by atoms with E-state index in [9.17, 15) is 4.79 Å². The van der Waals surface area contributed by atoms with E-state index < -0.39 is 0 Å². The predicted molar refractivity (Wildman–Crippen MR) is 90.1 cm³/mol. The van der Waals surface area contributed by atoms with Crippen molar-refractivity contribution >= 4 is 5.91 Å². The summed E-state index contributed by atoms with van der Waals surface area (Å²) < 4.78 is 12.9. The smallest absolute Gasteiger partial charge is 0.276 e. The Balaban J connectivity index is 1.70. The van der Waals surface area contributed by atoms with Gasteiger partial charge in [0.1, 0.15) is 5.76 Å². The van der Waals surface area contributed by atoms with Gasteiger partial charge < -0.3 is 14.2 Å². The molecule has 0 bridgehead atoms. The van der Waals surface area contributed by atoms with Gasteiger partial charge in [0.25, 0.3) is 5.91 Å². The maximum absolute atomic E-state index is 13.0. The van der Waals surface area contributed by atoms with E-state index in [1.165, 1.54) is 11.3 Å². The van der Waals surface area contributed by atoms with Crippen LogP contribution in [0.2, 0.25) is 0 Å². The highest BCUT2D eigenvalue weighted by molar-refractivity contribution is 5.92. The average molecular weight is 344 g/mol. The van der Waals surface area contributed by atoms with Crippen molar-refractivity contribution in [3.8, 4) is 0 Å². The van der Waals surface area contributed by atoms with E-state index >= 15 is 0 Å². The van der Waals surface area contributed by atoms with Crippen LogP contribution in [-0.2, 0) is 24.3 Å². The quantitative estimate of drug-likeness (QED) is 0.856. The second-order valence-corrected chi connectivity index (χ2v) is 6.76. The molecule has 0 aliphatic carbocycles. The number of ether oxygens (including phenoxy) is 1. The molecule has 2 aromatic heterocycles. The van der Waals surface area contributed by atoms with Crippen LogP contribution in [0.5, 0.6) is 0 Å². The van der Waals surface area contributed by atoms with E-state index in [2.05, 4.69) is 16.8 Å². The van der Waals surface area contributed by atoms with Gasteiger partial charge in [0.15, 0.2) is 5.69 Å².